The fourth-order valence-corrected chi connectivity index (χ4v) is 5.10. The highest BCUT2D eigenvalue weighted by Gasteiger charge is 2.41. The van der Waals surface area contributed by atoms with Crippen LogP contribution in [-0.2, 0) is 27.5 Å². The molecule has 1 atom stereocenters. The third-order valence-electron chi connectivity index (χ3n) is 6.23. The Labute approximate surface area is 229 Å². The summed E-state index contributed by atoms with van der Waals surface area (Å²) in [5.74, 6) is 1.24. The Bertz CT molecular complexity index is 1440. The molecule has 0 bridgehead atoms. The van der Waals surface area contributed by atoms with Gasteiger partial charge >= 0.3 is 0 Å². The molecule has 0 unspecified atom stereocenters. The molecule has 11 heteroatoms. The number of carbonyl (C=O) groups excluding carboxylic acids is 3. The van der Waals surface area contributed by atoms with Gasteiger partial charge in [-0.25, -0.2) is 9.89 Å². The zero-order chi connectivity index (χ0) is 27.2. The van der Waals surface area contributed by atoms with Crippen LogP contribution in [0.15, 0.2) is 81.3 Å². The van der Waals surface area contributed by atoms with Gasteiger partial charge in [0.1, 0.15) is 23.4 Å². The molecule has 0 saturated heterocycles. The predicted octanol–water partition coefficient (Wildman–Crippen LogP) is 3.39. The van der Waals surface area contributed by atoms with Crippen molar-refractivity contribution in [3.8, 4) is 5.75 Å². The highest BCUT2D eigenvalue weighted by molar-refractivity contribution is 8.14. The van der Waals surface area contributed by atoms with Crippen molar-refractivity contribution in [1.82, 2.24) is 15.5 Å². The van der Waals surface area contributed by atoms with E-state index in [0.29, 0.717) is 34.7 Å². The average Bonchev–Trinajstić information content (AvgIpc) is 3.61. The molecule has 0 radical (unpaired) electrons. The molecule has 39 heavy (non-hydrogen) atoms. The largest absolute Gasteiger partial charge is 0.496 e. The summed E-state index contributed by atoms with van der Waals surface area (Å²) in [5.41, 5.74) is 2.28. The van der Waals surface area contributed by atoms with Gasteiger partial charge in [-0.2, -0.15) is 0 Å². The van der Waals surface area contributed by atoms with Crippen molar-refractivity contribution in [3.63, 3.8) is 0 Å². The summed E-state index contributed by atoms with van der Waals surface area (Å²) in [4.78, 5) is 49.2. The maximum Gasteiger partial charge on any atom is 0.259 e. The lowest BCUT2D eigenvalue weighted by Crippen LogP contribution is -2.41. The zero-order valence-electron chi connectivity index (χ0n) is 21.3. The van der Waals surface area contributed by atoms with Crippen LogP contribution in [0.25, 0.3) is 0 Å². The number of hydrogen-bond donors (Lipinski definition) is 2. The van der Waals surface area contributed by atoms with E-state index in [0.717, 1.165) is 22.9 Å². The number of benzene rings is 2. The number of hydrogen-bond acceptors (Lipinski definition) is 8. The lowest BCUT2D eigenvalue weighted by molar-refractivity contribution is -0.125. The number of ether oxygens (including phenoxy) is 1. The number of nitrogens with zero attached hydrogens (tertiary/aromatic N) is 3. The second-order valence-electron chi connectivity index (χ2n) is 8.83. The number of fused-ring (bicyclic) bond motifs is 3. The van der Waals surface area contributed by atoms with Gasteiger partial charge in [0.25, 0.3) is 5.91 Å². The van der Waals surface area contributed by atoms with E-state index in [2.05, 4.69) is 20.6 Å². The van der Waals surface area contributed by atoms with Crippen molar-refractivity contribution in [2.24, 2.45) is 9.98 Å². The number of carbonyl (C=O) groups is 3. The lowest BCUT2D eigenvalue weighted by atomic mass is 10.1. The Morgan fingerprint density at radius 2 is 1.82 bits per heavy atom. The Morgan fingerprint density at radius 3 is 2.64 bits per heavy atom. The highest BCUT2D eigenvalue weighted by atomic mass is 32.2. The molecule has 1 aromatic heterocycles. The first-order valence-electron chi connectivity index (χ1n) is 12.4. The van der Waals surface area contributed by atoms with Crippen LogP contribution < -0.4 is 15.4 Å². The minimum Gasteiger partial charge on any atom is -0.496 e. The monoisotopic (exact) mass is 545 g/mol. The number of rotatable bonds is 10. The zero-order valence-corrected chi connectivity index (χ0v) is 22.1. The fourth-order valence-electron chi connectivity index (χ4n) is 4.27. The van der Waals surface area contributed by atoms with Crippen LogP contribution in [0.1, 0.15) is 29.7 Å². The molecule has 3 amide bonds. The van der Waals surface area contributed by atoms with Gasteiger partial charge in [-0.1, -0.05) is 42.1 Å². The van der Waals surface area contributed by atoms with Gasteiger partial charge in [0.15, 0.2) is 5.17 Å². The van der Waals surface area contributed by atoms with Crippen molar-refractivity contribution in [2.75, 3.05) is 12.9 Å². The Hall–Kier alpha value is -4.38. The SMILES string of the molecule is COc1ccccc1CNC(=O)CC[C@@H]1N=C2c3ccccc3N=C(SCC(=O)NCc3ccco3)N2C1=O. The summed E-state index contributed by atoms with van der Waals surface area (Å²) in [7, 11) is 1.58. The average molecular weight is 546 g/mol. The number of methoxy groups -OCH3 is 1. The second-order valence-corrected chi connectivity index (χ2v) is 9.77. The number of nitrogens with one attached hydrogen (secondary N) is 2. The van der Waals surface area contributed by atoms with Gasteiger partial charge in [0.05, 0.1) is 31.4 Å². The number of amides is 3. The van der Waals surface area contributed by atoms with Gasteiger partial charge < -0.3 is 19.8 Å². The van der Waals surface area contributed by atoms with E-state index < -0.39 is 6.04 Å². The van der Waals surface area contributed by atoms with E-state index >= 15 is 0 Å². The van der Waals surface area contributed by atoms with Crippen LogP contribution in [0.4, 0.5) is 5.69 Å². The van der Waals surface area contributed by atoms with E-state index in [9.17, 15) is 14.4 Å². The number of para-hydroxylation sites is 2. The van der Waals surface area contributed by atoms with Gasteiger partial charge in [0, 0.05) is 24.1 Å². The Kier molecular flexibility index (Phi) is 8.07. The lowest BCUT2D eigenvalue weighted by Gasteiger charge is -2.25. The number of thioether (sulfide) groups is 1. The molecular formula is C28H27N5O5S. The topological polar surface area (TPSA) is 126 Å². The minimum absolute atomic E-state index is 0.0643. The van der Waals surface area contributed by atoms with Crippen LogP contribution >= 0.6 is 11.8 Å². The highest BCUT2D eigenvalue weighted by Crippen LogP contribution is 2.34. The fraction of sp³-hybridized carbons (Fsp3) is 0.250. The van der Waals surface area contributed by atoms with E-state index in [1.165, 1.54) is 4.90 Å². The Balaban J connectivity index is 1.21. The molecule has 2 aromatic carbocycles. The standard InChI is InChI=1S/C28H27N5O5S/c1-37-23-11-5-2-7-18(23)15-29-24(34)13-12-22-27(36)33-26(31-22)20-9-3-4-10-21(20)32-28(33)39-17-25(35)30-16-19-8-6-14-38-19/h2-11,14,22H,12-13,15-17H2,1H3,(H,29,34)(H,30,35)/t22-/m0/s1. The Morgan fingerprint density at radius 1 is 1.03 bits per heavy atom. The second kappa shape index (κ2) is 12.0. The molecule has 0 saturated carbocycles. The molecule has 10 nitrogen and oxygen atoms in total. The number of amidine groups is 2. The summed E-state index contributed by atoms with van der Waals surface area (Å²) >= 11 is 1.16. The first-order chi connectivity index (χ1) is 19.0. The summed E-state index contributed by atoms with van der Waals surface area (Å²) in [6, 6.07) is 17.7. The molecule has 0 aliphatic carbocycles. The normalized spacial score (nSPS) is 15.7. The predicted molar refractivity (Wildman–Crippen MR) is 148 cm³/mol. The number of furan rings is 1. The molecule has 2 N–H and O–H groups in total. The van der Waals surface area contributed by atoms with Crippen molar-refractivity contribution < 1.29 is 23.5 Å². The van der Waals surface area contributed by atoms with Crippen molar-refractivity contribution in [2.45, 2.75) is 32.0 Å². The maximum absolute atomic E-state index is 13.4. The van der Waals surface area contributed by atoms with E-state index in [-0.39, 0.29) is 42.9 Å². The van der Waals surface area contributed by atoms with Gasteiger partial charge in [-0.05, 0) is 36.8 Å². The van der Waals surface area contributed by atoms with Crippen molar-refractivity contribution in [1.29, 1.82) is 0 Å². The first-order valence-corrected chi connectivity index (χ1v) is 13.4. The summed E-state index contributed by atoms with van der Waals surface area (Å²) in [6.45, 7) is 0.600. The molecule has 2 aliphatic rings. The number of aliphatic imine (C=N–C) groups is 2. The van der Waals surface area contributed by atoms with Crippen LogP contribution in [0.3, 0.4) is 0 Å². The molecule has 200 valence electrons. The van der Waals surface area contributed by atoms with Crippen molar-refractivity contribution >= 4 is 46.2 Å². The van der Waals surface area contributed by atoms with E-state index in [4.69, 9.17) is 9.15 Å². The summed E-state index contributed by atoms with van der Waals surface area (Å²) < 4.78 is 10.6. The molecule has 0 fully saturated rings. The van der Waals surface area contributed by atoms with Crippen LogP contribution in [0.5, 0.6) is 5.75 Å². The third kappa shape index (κ3) is 6.04. The van der Waals surface area contributed by atoms with E-state index in [1.54, 1.807) is 25.5 Å². The maximum atomic E-state index is 13.4. The van der Waals surface area contributed by atoms with Crippen LogP contribution in [0.2, 0.25) is 0 Å². The third-order valence-corrected chi connectivity index (χ3v) is 7.17. The van der Waals surface area contributed by atoms with Crippen LogP contribution in [-0.4, -0.2) is 52.5 Å². The minimum atomic E-state index is -0.721. The summed E-state index contributed by atoms with van der Waals surface area (Å²) in [5, 5.41) is 6.06. The molecular weight excluding hydrogens is 518 g/mol. The van der Waals surface area contributed by atoms with Crippen molar-refractivity contribution in [3.05, 3.63) is 83.8 Å². The van der Waals surface area contributed by atoms with Gasteiger partial charge in [-0.15, -0.1) is 0 Å². The van der Waals surface area contributed by atoms with E-state index in [1.807, 2.05) is 48.5 Å². The summed E-state index contributed by atoms with van der Waals surface area (Å²) in [6.07, 6.45) is 1.93. The molecule has 3 aromatic rings. The first kappa shape index (κ1) is 26.2. The van der Waals surface area contributed by atoms with Gasteiger partial charge in [0.2, 0.25) is 11.8 Å². The van der Waals surface area contributed by atoms with Crippen LogP contribution in [0, 0.1) is 0 Å². The quantitative estimate of drug-likeness (QED) is 0.402. The van der Waals surface area contributed by atoms with Gasteiger partial charge in [-0.3, -0.25) is 19.4 Å². The molecule has 3 heterocycles. The smallest absolute Gasteiger partial charge is 0.259 e. The molecule has 2 aliphatic heterocycles. The molecule has 0 spiro atoms. The molecule has 5 rings (SSSR count).